The van der Waals surface area contributed by atoms with Crippen molar-refractivity contribution in [1.29, 1.82) is 0 Å². The maximum absolute atomic E-state index is 6.31. The van der Waals surface area contributed by atoms with Crippen LogP contribution in [0.25, 0.3) is 0 Å². The molecule has 4 heteroatoms. The molecule has 1 aliphatic rings. The van der Waals surface area contributed by atoms with E-state index in [1.165, 1.54) is 5.56 Å². The van der Waals surface area contributed by atoms with E-state index >= 15 is 0 Å². The summed E-state index contributed by atoms with van der Waals surface area (Å²) >= 11 is 0. The van der Waals surface area contributed by atoms with Crippen molar-refractivity contribution in [3.63, 3.8) is 0 Å². The zero-order valence-electron chi connectivity index (χ0n) is 11.0. The Morgan fingerprint density at radius 3 is 2.95 bits per heavy atom. The van der Waals surface area contributed by atoms with Gasteiger partial charge in [-0.05, 0) is 25.3 Å². The first kappa shape index (κ1) is 12.1. The lowest BCUT2D eigenvalue weighted by Gasteiger charge is -2.23. The van der Waals surface area contributed by atoms with Gasteiger partial charge in [0.15, 0.2) is 0 Å². The maximum Gasteiger partial charge on any atom is 0.127 e. The molecule has 1 aromatic heterocycles. The zero-order chi connectivity index (χ0) is 13.2. The molecule has 0 aliphatic carbocycles. The molecule has 2 aromatic rings. The summed E-state index contributed by atoms with van der Waals surface area (Å²) < 4.78 is 5.79. The summed E-state index contributed by atoms with van der Waals surface area (Å²) in [4.78, 5) is 8.61. The van der Waals surface area contributed by atoms with Crippen molar-refractivity contribution < 1.29 is 4.74 Å². The fourth-order valence-corrected chi connectivity index (χ4v) is 2.38. The molecule has 1 aliphatic heterocycles. The Kier molecular flexibility index (Phi) is 3.17. The fraction of sp³-hybridized carbons (Fsp3) is 0.333. The van der Waals surface area contributed by atoms with Crippen LogP contribution in [0.15, 0.2) is 30.6 Å². The van der Waals surface area contributed by atoms with Gasteiger partial charge in [-0.3, -0.25) is 9.97 Å². The second-order valence-corrected chi connectivity index (χ2v) is 4.85. The number of aryl methyl sites for hydroxylation is 2. The van der Waals surface area contributed by atoms with Crippen LogP contribution in [0, 0.1) is 6.92 Å². The third-order valence-electron chi connectivity index (χ3n) is 3.42. The van der Waals surface area contributed by atoms with Crippen molar-refractivity contribution in [2.75, 3.05) is 6.61 Å². The van der Waals surface area contributed by atoms with Gasteiger partial charge in [0, 0.05) is 11.8 Å². The molecule has 0 bridgehead atoms. The van der Waals surface area contributed by atoms with Crippen molar-refractivity contribution in [3.8, 4) is 5.75 Å². The summed E-state index contributed by atoms with van der Waals surface area (Å²) in [6.07, 6.45) is 5.60. The molecule has 0 amide bonds. The molecule has 3 rings (SSSR count). The molecule has 98 valence electrons. The van der Waals surface area contributed by atoms with Gasteiger partial charge in [-0.25, -0.2) is 0 Å². The predicted octanol–water partition coefficient (Wildman–Crippen LogP) is 2.16. The normalized spacial score (nSPS) is 15.5. The molecule has 2 N–H and O–H groups in total. The second kappa shape index (κ2) is 4.97. The lowest BCUT2D eigenvalue weighted by molar-refractivity contribution is 0.284. The number of nitrogens with zero attached hydrogens (tertiary/aromatic N) is 2. The van der Waals surface area contributed by atoms with E-state index in [0.717, 1.165) is 42.1 Å². The van der Waals surface area contributed by atoms with Crippen LogP contribution < -0.4 is 10.5 Å². The number of aromatic nitrogens is 2. The number of hydrogen-bond donors (Lipinski definition) is 1. The van der Waals surface area contributed by atoms with Crippen molar-refractivity contribution >= 4 is 0 Å². The molecule has 19 heavy (non-hydrogen) atoms. The van der Waals surface area contributed by atoms with Gasteiger partial charge in [0.1, 0.15) is 5.75 Å². The molecular weight excluding hydrogens is 238 g/mol. The van der Waals surface area contributed by atoms with E-state index in [0.29, 0.717) is 0 Å². The summed E-state index contributed by atoms with van der Waals surface area (Å²) in [5.41, 5.74) is 10.2. The topological polar surface area (TPSA) is 61.0 Å². The van der Waals surface area contributed by atoms with Gasteiger partial charge >= 0.3 is 0 Å². The summed E-state index contributed by atoms with van der Waals surface area (Å²) in [6.45, 7) is 2.67. The molecule has 0 saturated heterocycles. The Balaban J connectivity index is 1.99. The van der Waals surface area contributed by atoms with Crippen LogP contribution in [-0.2, 0) is 6.42 Å². The van der Waals surface area contributed by atoms with Gasteiger partial charge in [0.2, 0.25) is 0 Å². The minimum Gasteiger partial charge on any atom is -0.493 e. The largest absolute Gasteiger partial charge is 0.493 e. The monoisotopic (exact) mass is 255 g/mol. The Morgan fingerprint density at radius 2 is 2.16 bits per heavy atom. The molecule has 0 radical (unpaired) electrons. The Morgan fingerprint density at radius 1 is 1.26 bits per heavy atom. The number of rotatable bonds is 2. The van der Waals surface area contributed by atoms with Crippen LogP contribution >= 0.6 is 0 Å². The van der Waals surface area contributed by atoms with E-state index < -0.39 is 0 Å². The molecule has 4 nitrogen and oxygen atoms in total. The van der Waals surface area contributed by atoms with Crippen LogP contribution in [0.1, 0.15) is 35.0 Å². The number of fused-ring (bicyclic) bond motifs is 1. The highest BCUT2D eigenvalue weighted by atomic mass is 16.5. The average molecular weight is 255 g/mol. The van der Waals surface area contributed by atoms with Gasteiger partial charge in [0.05, 0.1) is 30.2 Å². The summed E-state index contributed by atoms with van der Waals surface area (Å²) in [7, 11) is 0. The van der Waals surface area contributed by atoms with E-state index in [-0.39, 0.29) is 6.04 Å². The fourth-order valence-electron chi connectivity index (χ4n) is 2.38. The highest BCUT2D eigenvalue weighted by Crippen LogP contribution is 2.33. The molecule has 0 fully saturated rings. The van der Waals surface area contributed by atoms with Crippen LogP contribution in [0.2, 0.25) is 0 Å². The third-order valence-corrected chi connectivity index (χ3v) is 3.42. The lowest BCUT2D eigenvalue weighted by atomic mass is 9.97. The highest BCUT2D eigenvalue weighted by Gasteiger charge is 2.20. The highest BCUT2D eigenvalue weighted by molar-refractivity contribution is 5.46. The van der Waals surface area contributed by atoms with Gasteiger partial charge in [-0.2, -0.15) is 0 Å². The predicted molar refractivity (Wildman–Crippen MR) is 73.1 cm³/mol. The number of para-hydroxylation sites is 1. The lowest BCUT2D eigenvalue weighted by Crippen LogP contribution is -2.18. The van der Waals surface area contributed by atoms with Crippen LogP contribution in [0.3, 0.4) is 0 Å². The quantitative estimate of drug-likeness (QED) is 0.893. The van der Waals surface area contributed by atoms with Crippen LogP contribution in [0.4, 0.5) is 0 Å². The molecule has 1 unspecified atom stereocenters. The molecule has 1 aromatic carbocycles. The van der Waals surface area contributed by atoms with Gasteiger partial charge in [0.25, 0.3) is 0 Å². The van der Waals surface area contributed by atoms with Crippen molar-refractivity contribution in [1.82, 2.24) is 9.97 Å². The van der Waals surface area contributed by atoms with Gasteiger partial charge in [-0.1, -0.05) is 18.2 Å². The van der Waals surface area contributed by atoms with Crippen LogP contribution in [0.5, 0.6) is 5.75 Å². The molecule has 0 saturated carbocycles. The Bertz CT molecular complexity index is 580. The SMILES string of the molecule is Cc1cnc(C(N)c2cccc3c2OCCC3)cn1. The number of benzene rings is 1. The first-order valence-electron chi connectivity index (χ1n) is 6.54. The van der Waals surface area contributed by atoms with Crippen molar-refractivity contribution in [3.05, 3.63) is 53.1 Å². The maximum atomic E-state index is 6.31. The zero-order valence-corrected chi connectivity index (χ0v) is 11.0. The van der Waals surface area contributed by atoms with Gasteiger partial charge < -0.3 is 10.5 Å². The molecule has 0 spiro atoms. The summed E-state index contributed by atoms with van der Waals surface area (Å²) in [5, 5.41) is 0. The molecular formula is C15H17N3O. The number of hydrogen-bond acceptors (Lipinski definition) is 4. The second-order valence-electron chi connectivity index (χ2n) is 4.85. The van der Waals surface area contributed by atoms with E-state index in [1.807, 2.05) is 19.1 Å². The first-order valence-corrected chi connectivity index (χ1v) is 6.54. The summed E-state index contributed by atoms with van der Waals surface area (Å²) in [6, 6.07) is 5.85. The van der Waals surface area contributed by atoms with E-state index in [2.05, 4.69) is 16.0 Å². The van der Waals surface area contributed by atoms with Crippen LogP contribution in [-0.4, -0.2) is 16.6 Å². The van der Waals surface area contributed by atoms with E-state index in [4.69, 9.17) is 10.5 Å². The van der Waals surface area contributed by atoms with Crippen molar-refractivity contribution in [2.24, 2.45) is 5.73 Å². The van der Waals surface area contributed by atoms with E-state index in [1.54, 1.807) is 12.4 Å². The Labute approximate surface area is 112 Å². The third kappa shape index (κ3) is 2.31. The first-order chi connectivity index (χ1) is 9.25. The minimum absolute atomic E-state index is 0.291. The van der Waals surface area contributed by atoms with Gasteiger partial charge in [-0.15, -0.1) is 0 Å². The average Bonchev–Trinajstić information content (AvgIpc) is 2.47. The van der Waals surface area contributed by atoms with Crippen molar-refractivity contribution in [2.45, 2.75) is 25.8 Å². The smallest absolute Gasteiger partial charge is 0.127 e. The molecule has 2 heterocycles. The summed E-state index contributed by atoms with van der Waals surface area (Å²) in [5.74, 6) is 0.934. The Hall–Kier alpha value is -1.94. The number of nitrogens with two attached hydrogens (primary N) is 1. The standard InChI is InChI=1S/C15H17N3O/c1-10-8-18-13(9-17-10)14(16)12-6-2-4-11-5-3-7-19-15(11)12/h2,4,6,8-9,14H,3,5,7,16H2,1H3. The van der Waals surface area contributed by atoms with E-state index in [9.17, 15) is 0 Å². The molecule has 1 atom stereocenters. The number of ether oxygens (including phenoxy) is 1. The minimum atomic E-state index is -0.291.